The van der Waals surface area contributed by atoms with Crippen molar-refractivity contribution < 1.29 is 14.7 Å². The number of amides is 2. The average molecular weight is 435 g/mol. The summed E-state index contributed by atoms with van der Waals surface area (Å²) >= 11 is 0. The fraction of sp³-hybridized carbons (Fsp3) is 0.708. The number of carbonyl (C=O) groups is 2. The van der Waals surface area contributed by atoms with Gasteiger partial charge in [-0.1, -0.05) is 54.9 Å². The predicted molar refractivity (Wildman–Crippen MR) is 125 cm³/mol. The molecule has 7 nitrogen and oxygen atoms in total. The van der Waals surface area contributed by atoms with Crippen LogP contribution < -0.4 is 11.5 Å². The molecule has 4 atom stereocenters. The van der Waals surface area contributed by atoms with Gasteiger partial charge in [-0.05, 0) is 42.7 Å². The van der Waals surface area contributed by atoms with Crippen LogP contribution in [0.25, 0.3) is 0 Å². The predicted octanol–water partition coefficient (Wildman–Crippen LogP) is 3.45. The lowest BCUT2D eigenvalue weighted by Gasteiger charge is -2.32. The van der Waals surface area contributed by atoms with Crippen LogP contribution >= 0.6 is 0 Å². The smallest absolute Gasteiger partial charge is 0.246 e. The summed E-state index contributed by atoms with van der Waals surface area (Å²) in [6, 6.07) is 2.73. The van der Waals surface area contributed by atoms with Gasteiger partial charge in [0.1, 0.15) is 0 Å². The maximum atomic E-state index is 13.6. The quantitative estimate of drug-likeness (QED) is 0.490. The van der Waals surface area contributed by atoms with Crippen LogP contribution in [0.15, 0.2) is 12.1 Å². The van der Waals surface area contributed by atoms with Crippen molar-refractivity contribution in [2.45, 2.75) is 92.3 Å². The minimum Gasteiger partial charge on any atom is -0.397 e. The highest BCUT2D eigenvalue weighted by molar-refractivity contribution is 5.98. The largest absolute Gasteiger partial charge is 0.397 e. The van der Waals surface area contributed by atoms with Crippen LogP contribution in [-0.2, 0) is 16.1 Å². The van der Waals surface area contributed by atoms with Crippen molar-refractivity contribution in [3.63, 3.8) is 0 Å². The number of imide groups is 1. The lowest BCUT2D eigenvalue weighted by atomic mass is 9.87. The molecule has 0 aliphatic carbocycles. The van der Waals surface area contributed by atoms with E-state index in [1.165, 1.54) is 4.90 Å². The van der Waals surface area contributed by atoms with Crippen LogP contribution in [-0.4, -0.2) is 39.0 Å². The molecule has 0 spiro atoms. The van der Waals surface area contributed by atoms with Crippen molar-refractivity contribution in [3.8, 4) is 0 Å². The molecule has 2 amide bonds. The first kappa shape index (κ1) is 27.0. The van der Waals surface area contributed by atoms with Gasteiger partial charge in [-0.2, -0.15) is 0 Å². The molecule has 0 fully saturated rings. The molecule has 1 aromatic rings. The van der Waals surface area contributed by atoms with Gasteiger partial charge in [-0.25, -0.2) is 0 Å². The molecule has 1 rings (SSSR count). The molecule has 0 aromatic carbocycles. The summed E-state index contributed by atoms with van der Waals surface area (Å²) in [6.45, 7) is 13.6. The molecule has 5 N–H and O–H groups in total. The van der Waals surface area contributed by atoms with Crippen molar-refractivity contribution in [1.82, 2.24) is 9.88 Å². The standard InChI is InChI=1S/C24H42N4O3/c1-8-16(7)21(26)24(31)28(23(30)19(14(3)4)12-18(29)9-2)13-17-10-11-20(25)22(27-17)15(5)6/h10-11,14-16,18-19,21,29H,8-9,12-13,25-26H2,1-7H3/t16-,18?,19?,21-/m0/s1. The summed E-state index contributed by atoms with van der Waals surface area (Å²) in [4.78, 5) is 32.8. The first-order valence-electron chi connectivity index (χ1n) is 11.5. The fourth-order valence-electron chi connectivity index (χ4n) is 3.50. The highest BCUT2D eigenvalue weighted by Gasteiger charge is 2.35. The second-order valence-corrected chi connectivity index (χ2v) is 9.25. The van der Waals surface area contributed by atoms with E-state index in [1.807, 2.05) is 48.5 Å². The average Bonchev–Trinajstić information content (AvgIpc) is 2.73. The fourth-order valence-corrected chi connectivity index (χ4v) is 3.50. The number of aliphatic hydroxyl groups is 1. The minimum absolute atomic E-state index is 0.0329. The van der Waals surface area contributed by atoms with E-state index in [0.29, 0.717) is 24.2 Å². The van der Waals surface area contributed by atoms with Gasteiger partial charge in [0.2, 0.25) is 11.8 Å². The zero-order valence-electron chi connectivity index (χ0n) is 20.3. The number of nitrogen functional groups attached to an aromatic ring is 1. The summed E-state index contributed by atoms with van der Waals surface area (Å²) in [5.74, 6) is -1.18. The van der Waals surface area contributed by atoms with Crippen LogP contribution in [0.1, 0.15) is 85.0 Å². The molecule has 1 heterocycles. The van der Waals surface area contributed by atoms with Crippen molar-refractivity contribution in [2.24, 2.45) is 23.5 Å². The first-order valence-corrected chi connectivity index (χ1v) is 11.5. The molecule has 0 aliphatic rings. The van der Waals surface area contributed by atoms with Gasteiger partial charge in [-0.15, -0.1) is 0 Å². The molecule has 0 saturated carbocycles. The molecule has 0 radical (unpaired) electrons. The molecule has 0 bridgehead atoms. The lowest BCUT2D eigenvalue weighted by molar-refractivity contribution is -0.151. The summed E-state index contributed by atoms with van der Waals surface area (Å²) in [7, 11) is 0. The van der Waals surface area contributed by atoms with Gasteiger partial charge >= 0.3 is 0 Å². The molecular weight excluding hydrogens is 392 g/mol. The van der Waals surface area contributed by atoms with Crippen molar-refractivity contribution >= 4 is 17.5 Å². The molecular formula is C24H42N4O3. The molecule has 2 unspecified atom stereocenters. The Hall–Kier alpha value is -1.99. The molecule has 0 aliphatic heterocycles. The summed E-state index contributed by atoms with van der Waals surface area (Å²) < 4.78 is 0. The highest BCUT2D eigenvalue weighted by Crippen LogP contribution is 2.25. The molecule has 31 heavy (non-hydrogen) atoms. The monoisotopic (exact) mass is 434 g/mol. The van der Waals surface area contributed by atoms with Crippen LogP contribution in [0, 0.1) is 17.8 Å². The van der Waals surface area contributed by atoms with Gasteiger partial charge in [-0.3, -0.25) is 19.5 Å². The number of hydrogen-bond acceptors (Lipinski definition) is 6. The van der Waals surface area contributed by atoms with Crippen LogP contribution in [0.3, 0.4) is 0 Å². The van der Waals surface area contributed by atoms with Crippen LogP contribution in [0.5, 0.6) is 0 Å². The Balaban J connectivity index is 3.35. The van der Waals surface area contributed by atoms with E-state index in [0.717, 1.165) is 12.1 Å². The Morgan fingerprint density at radius 2 is 1.68 bits per heavy atom. The number of anilines is 1. The zero-order valence-corrected chi connectivity index (χ0v) is 20.3. The van der Waals surface area contributed by atoms with E-state index < -0.39 is 24.0 Å². The lowest BCUT2D eigenvalue weighted by Crippen LogP contribution is -2.51. The Morgan fingerprint density at radius 1 is 1.06 bits per heavy atom. The summed E-state index contributed by atoms with van der Waals surface area (Å²) in [5.41, 5.74) is 14.2. The minimum atomic E-state index is -0.781. The number of aliphatic hydroxyl groups excluding tert-OH is 1. The number of nitrogens with zero attached hydrogens (tertiary/aromatic N) is 2. The van der Waals surface area contributed by atoms with E-state index in [4.69, 9.17) is 11.5 Å². The number of nitrogens with two attached hydrogens (primary N) is 2. The van der Waals surface area contributed by atoms with Gasteiger partial charge in [0, 0.05) is 5.92 Å². The second-order valence-electron chi connectivity index (χ2n) is 9.25. The van der Waals surface area contributed by atoms with E-state index in [9.17, 15) is 14.7 Å². The maximum absolute atomic E-state index is 13.6. The third kappa shape index (κ3) is 7.28. The number of rotatable bonds is 11. The second kappa shape index (κ2) is 12.2. The van der Waals surface area contributed by atoms with Gasteiger partial charge in [0.05, 0.1) is 35.8 Å². The number of hydrogen-bond donors (Lipinski definition) is 3. The number of pyridine rings is 1. The van der Waals surface area contributed by atoms with E-state index in [2.05, 4.69) is 4.98 Å². The topological polar surface area (TPSA) is 123 Å². The van der Waals surface area contributed by atoms with Gasteiger partial charge in [0.25, 0.3) is 0 Å². The SMILES string of the molecule is CCC(O)CC(C(=O)N(Cc1ccc(N)c(C(C)C)n1)C(=O)[C@@H](N)[C@@H](C)CC)C(C)C. The van der Waals surface area contributed by atoms with Crippen molar-refractivity contribution in [1.29, 1.82) is 0 Å². The zero-order chi connectivity index (χ0) is 23.9. The molecule has 7 heteroatoms. The third-order valence-electron chi connectivity index (χ3n) is 6.08. The van der Waals surface area contributed by atoms with E-state index in [1.54, 1.807) is 12.1 Å². The molecule has 176 valence electrons. The first-order chi connectivity index (χ1) is 14.4. The molecule has 1 aromatic heterocycles. The van der Waals surface area contributed by atoms with Gasteiger partial charge < -0.3 is 16.6 Å². The Bertz CT molecular complexity index is 736. The number of carbonyl (C=O) groups excluding carboxylic acids is 2. The third-order valence-corrected chi connectivity index (χ3v) is 6.08. The maximum Gasteiger partial charge on any atom is 0.246 e. The van der Waals surface area contributed by atoms with E-state index in [-0.39, 0.29) is 30.2 Å². The van der Waals surface area contributed by atoms with Gasteiger partial charge in [0.15, 0.2) is 0 Å². The normalized spacial score (nSPS) is 15.6. The number of aromatic nitrogens is 1. The Kier molecular flexibility index (Phi) is 10.6. The summed E-state index contributed by atoms with van der Waals surface area (Å²) in [5, 5.41) is 10.2. The van der Waals surface area contributed by atoms with Crippen molar-refractivity contribution in [3.05, 3.63) is 23.5 Å². The van der Waals surface area contributed by atoms with Crippen LogP contribution in [0.4, 0.5) is 5.69 Å². The van der Waals surface area contributed by atoms with Crippen molar-refractivity contribution in [2.75, 3.05) is 5.73 Å². The Labute approximate surface area is 187 Å². The summed E-state index contributed by atoms with van der Waals surface area (Å²) in [6.07, 6.45) is 0.989. The van der Waals surface area contributed by atoms with E-state index >= 15 is 0 Å². The Morgan fingerprint density at radius 3 is 2.16 bits per heavy atom. The molecule has 0 saturated heterocycles. The highest BCUT2D eigenvalue weighted by atomic mass is 16.3. The van der Waals surface area contributed by atoms with Crippen LogP contribution in [0.2, 0.25) is 0 Å².